The summed E-state index contributed by atoms with van der Waals surface area (Å²) in [4.78, 5) is 16.3. The van der Waals surface area contributed by atoms with Gasteiger partial charge in [0.05, 0.1) is 6.61 Å². The highest BCUT2D eigenvalue weighted by atomic mass is 16.5. The predicted octanol–water partition coefficient (Wildman–Crippen LogP) is 2.58. The normalized spacial score (nSPS) is 22.4. The van der Waals surface area contributed by atoms with Crippen molar-refractivity contribution in [3.8, 4) is 0 Å². The minimum absolute atomic E-state index is 0.0226. The lowest BCUT2D eigenvalue weighted by atomic mass is 10.0. The van der Waals surface area contributed by atoms with Gasteiger partial charge < -0.3 is 15.0 Å². The first-order chi connectivity index (χ1) is 12.1. The molecule has 5 heteroatoms. The summed E-state index contributed by atoms with van der Waals surface area (Å²) in [5, 5.41) is 2.86. The Balaban J connectivity index is 1.46. The quantitative estimate of drug-likeness (QED) is 0.861. The minimum Gasteiger partial charge on any atom is -0.381 e. The highest BCUT2D eigenvalue weighted by Crippen LogP contribution is 2.21. The molecule has 2 aliphatic rings. The number of ether oxygens (including phenoxy) is 1. The molecule has 1 aromatic carbocycles. The number of hydrogen-bond acceptors (Lipinski definition) is 4. The molecule has 2 aliphatic heterocycles. The summed E-state index contributed by atoms with van der Waals surface area (Å²) in [6.45, 7) is 7.95. The van der Waals surface area contributed by atoms with Crippen molar-refractivity contribution in [2.75, 3.05) is 45.2 Å². The van der Waals surface area contributed by atoms with Gasteiger partial charge in [-0.3, -0.25) is 9.69 Å². The van der Waals surface area contributed by atoms with E-state index < -0.39 is 0 Å². The standard InChI is InChI=1S/C20H31N3O2/c1-16(24)21-19-5-3-4-17(12-19)13-22(2)20-6-9-23(10-7-20)14-18-8-11-25-15-18/h3-5,12,18,20H,6-11,13-15H2,1-2H3,(H,21,24). The van der Waals surface area contributed by atoms with Gasteiger partial charge in [-0.2, -0.15) is 0 Å². The summed E-state index contributed by atoms with van der Waals surface area (Å²) in [6, 6.07) is 8.81. The van der Waals surface area contributed by atoms with Gasteiger partial charge in [-0.1, -0.05) is 12.1 Å². The number of carbonyl (C=O) groups excluding carboxylic acids is 1. The number of likely N-dealkylation sites (tertiary alicyclic amines) is 1. The maximum Gasteiger partial charge on any atom is 0.221 e. The summed E-state index contributed by atoms with van der Waals surface area (Å²) in [7, 11) is 2.22. The summed E-state index contributed by atoms with van der Waals surface area (Å²) in [6.07, 6.45) is 3.69. The van der Waals surface area contributed by atoms with Gasteiger partial charge in [0.2, 0.25) is 5.91 Å². The Kier molecular flexibility index (Phi) is 6.45. The van der Waals surface area contributed by atoms with Crippen molar-refractivity contribution in [2.24, 2.45) is 5.92 Å². The van der Waals surface area contributed by atoms with Crippen molar-refractivity contribution >= 4 is 11.6 Å². The van der Waals surface area contributed by atoms with E-state index in [9.17, 15) is 4.79 Å². The van der Waals surface area contributed by atoms with E-state index in [1.54, 1.807) is 6.92 Å². The van der Waals surface area contributed by atoms with E-state index in [0.29, 0.717) is 6.04 Å². The van der Waals surface area contributed by atoms with Crippen molar-refractivity contribution in [1.29, 1.82) is 0 Å². The number of nitrogens with one attached hydrogen (secondary N) is 1. The fourth-order valence-electron chi connectivity index (χ4n) is 4.00. The van der Waals surface area contributed by atoms with Crippen LogP contribution in [0.1, 0.15) is 31.7 Å². The summed E-state index contributed by atoms with van der Waals surface area (Å²) in [5.41, 5.74) is 2.13. The molecule has 138 valence electrons. The molecular weight excluding hydrogens is 314 g/mol. The van der Waals surface area contributed by atoms with Gasteiger partial charge in [-0.25, -0.2) is 0 Å². The van der Waals surface area contributed by atoms with Gasteiger partial charge in [0.1, 0.15) is 0 Å². The third kappa shape index (κ3) is 5.53. The zero-order valence-corrected chi connectivity index (χ0v) is 15.5. The molecule has 1 N–H and O–H groups in total. The first kappa shape index (κ1) is 18.4. The lowest BCUT2D eigenvalue weighted by Crippen LogP contribution is -2.44. The van der Waals surface area contributed by atoms with Crippen LogP contribution in [0.15, 0.2) is 24.3 Å². The Morgan fingerprint density at radius 3 is 2.80 bits per heavy atom. The van der Waals surface area contributed by atoms with Gasteiger partial charge >= 0.3 is 0 Å². The second kappa shape index (κ2) is 8.79. The zero-order chi connectivity index (χ0) is 17.6. The molecule has 0 saturated carbocycles. The Morgan fingerprint density at radius 2 is 2.12 bits per heavy atom. The summed E-state index contributed by atoms with van der Waals surface area (Å²) in [5.74, 6) is 0.719. The molecule has 25 heavy (non-hydrogen) atoms. The highest BCUT2D eigenvalue weighted by Gasteiger charge is 2.25. The van der Waals surface area contributed by atoms with Gasteiger partial charge in [0, 0.05) is 38.3 Å². The maximum atomic E-state index is 11.2. The number of benzene rings is 1. The largest absolute Gasteiger partial charge is 0.381 e. The molecule has 2 saturated heterocycles. The van der Waals surface area contributed by atoms with Crippen LogP contribution in [0.4, 0.5) is 5.69 Å². The maximum absolute atomic E-state index is 11.2. The predicted molar refractivity (Wildman–Crippen MR) is 101 cm³/mol. The smallest absolute Gasteiger partial charge is 0.221 e. The third-order valence-corrected chi connectivity index (χ3v) is 5.40. The second-order valence-electron chi connectivity index (χ2n) is 7.56. The van der Waals surface area contributed by atoms with E-state index in [1.165, 1.54) is 44.5 Å². The van der Waals surface area contributed by atoms with Gasteiger partial charge in [-0.15, -0.1) is 0 Å². The van der Waals surface area contributed by atoms with E-state index in [2.05, 4.69) is 34.3 Å². The lowest BCUT2D eigenvalue weighted by Gasteiger charge is -2.37. The average molecular weight is 345 g/mol. The number of carbonyl (C=O) groups is 1. The van der Waals surface area contributed by atoms with Crippen LogP contribution < -0.4 is 5.32 Å². The van der Waals surface area contributed by atoms with Crippen molar-refractivity contribution in [3.05, 3.63) is 29.8 Å². The van der Waals surface area contributed by atoms with Crippen molar-refractivity contribution in [2.45, 2.75) is 38.8 Å². The van der Waals surface area contributed by atoms with Crippen LogP contribution in [-0.4, -0.2) is 61.6 Å². The number of piperidine rings is 1. The molecule has 0 aliphatic carbocycles. The zero-order valence-electron chi connectivity index (χ0n) is 15.5. The molecule has 1 atom stereocenters. The van der Waals surface area contributed by atoms with Crippen LogP contribution in [0, 0.1) is 5.92 Å². The van der Waals surface area contributed by atoms with Crippen molar-refractivity contribution < 1.29 is 9.53 Å². The van der Waals surface area contributed by atoms with E-state index in [-0.39, 0.29) is 5.91 Å². The van der Waals surface area contributed by atoms with Crippen molar-refractivity contribution in [1.82, 2.24) is 9.80 Å². The molecule has 2 heterocycles. The fourth-order valence-corrected chi connectivity index (χ4v) is 4.00. The van der Waals surface area contributed by atoms with Gasteiger partial charge in [-0.05, 0) is 63.0 Å². The topological polar surface area (TPSA) is 44.8 Å². The Morgan fingerprint density at radius 1 is 1.32 bits per heavy atom. The monoisotopic (exact) mass is 345 g/mol. The fraction of sp³-hybridized carbons (Fsp3) is 0.650. The van der Waals surface area contributed by atoms with Crippen LogP contribution in [0.3, 0.4) is 0 Å². The Bertz CT molecular complexity index is 564. The molecule has 0 aromatic heterocycles. The number of anilines is 1. The number of rotatable bonds is 6. The highest BCUT2D eigenvalue weighted by molar-refractivity contribution is 5.88. The van der Waals surface area contributed by atoms with E-state index in [4.69, 9.17) is 4.74 Å². The Labute approximate surface area is 151 Å². The van der Waals surface area contributed by atoms with Gasteiger partial charge in [0.15, 0.2) is 0 Å². The molecule has 0 bridgehead atoms. The molecule has 3 rings (SSSR count). The molecule has 2 fully saturated rings. The first-order valence-corrected chi connectivity index (χ1v) is 9.47. The van der Waals surface area contributed by atoms with Crippen LogP contribution in [-0.2, 0) is 16.1 Å². The third-order valence-electron chi connectivity index (χ3n) is 5.40. The summed E-state index contributed by atoms with van der Waals surface area (Å²) >= 11 is 0. The molecule has 1 aromatic rings. The lowest BCUT2D eigenvalue weighted by molar-refractivity contribution is -0.114. The SMILES string of the molecule is CC(=O)Nc1cccc(CN(C)C2CCN(CC3CCOC3)CC2)c1. The average Bonchev–Trinajstić information content (AvgIpc) is 3.08. The molecule has 1 unspecified atom stereocenters. The van der Waals surface area contributed by atoms with E-state index in [0.717, 1.165) is 31.4 Å². The van der Waals surface area contributed by atoms with Crippen LogP contribution in [0.2, 0.25) is 0 Å². The van der Waals surface area contributed by atoms with Crippen LogP contribution in [0.5, 0.6) is 0 Å². The molecular formula is C20H31N3O2. The minimum atomic E-state index is -0.0226. The van der Waals surface area contributed by atoms with Gasteiger partial charge in [0.25, 0.3) is 0 Å². The molecule has 1 amide bonds. The summed E-state index contributed by atoms with van der Waals surface area (Å²) < 4.78 is 5.50. The number of hydrogen-bond donors (Lipinski definition) is 1. The molecule has 0 spiro atoms. The first-order valence-electron chi connectivity index (χ1n) is 9.47. The van der Waals surface area contributed by atoms with Crippen LogP contribution in [0.25, 0.3) is 0 Å². The molecule has 0 radical (unpaired) electrons. The van der Waals surface area contributed by atoms with E-state index in [1.807, 2.05) is 12.1 Å². The van der Waals surface area contributed by atoms with Crippen LogP contribution >= 0.6 is 0 Å². The Hall–Kier alpha value is -1.43. The number of amides is 1. The van der Waals surface area contributed by atoms with Crippen molar-refractivity contribution in [3.63, 3.8) is 0 Å². The number of nitrogens with zero attached hydrogens (tertiary/aromatic N) is 2. The second-order valence-corrected chi connectivity index (χ2v) is 7.56. The van der Waals surface area contributed by atoms with E-state index >= 15 is 0 Å². The molecule has 5 nitrogen and oxygen atoms in total.